The average molecular weight is 402 g/mol. The summed E-state index contributed by atoms with van der Waals surface area (Å²) in [6, 6.07) is 1.19. The highest BCUT2D eigenvalue weighted by Crippen LogP contribution is 2.23. The van der Waals surface area contributed by atoms with Crippen molar-refractivity contribution in [3.8, 4) is 0 Å². The van der Waals surface area contributed by atoms with Gasteiger partial charge >= 0.3 is 0 Å². The second-order valence-electron chi connectivity index (χ2n) is 6.70. The zero-order chi connectivity index (χ0) is 19.3. The van der Waals surface area contributed by atoms with Crippen molar-refractivity contribution in [3.63, 3.8) is 0 Å². The lowest BCUT2D eigenvalue weighted by molar-refractivity contribution is -0.132. The van der Waals surface area contributed by atoms with E-state index < -0.39 is 9.84 Å². The summed E-state index contributed by atoms with van der Waals surface area (Å²) in [7, 11) is -3.06. The Labute approximate surface area is 158 Å². The zero-order valence-corrected chi connectivity index (χ0v) is 17.2. The summed E-state index contributed by atoms with van der Waals surface area (Å²) in [6.45, 7) is 5.93. The number of amides is 1. The largest absolute Gasteiger partial charge is 0.335 e. The lowest BCUT2D eigenvalue weighted by atomic mass is 10.1. The molecule has 0 bridgehead atoms. The summed E-state index contributed by atoms with van der Waals surface area (Å²) in [4.78, 5) is 33.3. The molecule has 1 aliphatic rings. The molecule has 1 aromatic rings. The normalized spacial score (nSPS) is 20.0. The minimum Gasteiger partial charge on any atom is -0.335 e. The molecule has 1 N–H and O–H groups in total. The van der Waals surface area contributed by atoms with Crippen LogP contribution in [-0.2, 0) is 21.1 Å². The van der Waals surface area contributed by atoms with E-state index in [-0.39, 0.29) is 40.8 Å². The number of H-pyrrole nitrogens is 1. The SMILES string of the molecule is CCCc1cc(=O)[nH]c(SCC(=O)N(C(C)CC)C2CCS(=O)(=O)C2)n1. The van der Waals surface area contributed by atoms with Crippen molar-refractivity contribution >= 4 is 27.5 Å². The van der Waals surface area contributed by atoms with Gasteiger partial charge in [-0.25, -0.2) is 13.4 Å². The first-order valence-corrected chi connectivity index (χ1v) is 11.8. The van der Waals surface area contributed by atoms with Gasteiger partial charge in [0, 0.05) is 23.8 Å². The van der Waals surface area contributed by atoms with E-state index in [2.05, 4.69) is 9.97 Å². The number of aromatic nitrogens is 2. The van der Waals surface area contributed by atoms with Crippen molar-refractivity contribution in [3.05, 3.63) is 22.1 Å². The van der Waals surface area contributed by atoms with Crippen molar-refractivity contribution in [2.75, 3.05) is 17.3 Å². The minimum absolute atomic E-state index is 0.0279. The molecule has 2 rings (SSSR count). The van der Waals surface area contributed by atoms with E-state index >= 15 is 0 Å². The predicted molar refractivity (Wildman–Crippen MR) is 103 cm³/mol. The fourth-order valence-corrected chi connectivity index (χ4v) is 5.62. The molecule has 0 aromatic carbocycles. The molecule has 2 heterocycles. The Morgan fingerprint density at radius 3 is 2.77 bits per heavy atom. The number of sulfone groups is 1. The maximum Gasteiger partial charge on any atom is 0.251 e. The van der Waals surface area contributed by atoms with Crippen LogP contribution in [0.5, 0.6) is 0 Å². The van der Waals surface area contributed by atoms with Crippen molar-refractivity contribution in [2.24, 2.45) is 0 Å². The molecule has 7 nitrogen and oxygen atoms in total. The van der Waals surface area contributed by atoms with Gasteiger partial charge in [-0.15, -0.1) is 0 Å². The Hall–Kier alpha value is -1.35. The molecular weight excluding hydrogens is 374 g/mol. The highest BCUT2D eigenvalue weighted by molar-refractivity contribution is 7.99. The summed E-state index contributed by atoms with van der Waals surface area (Å²) >= 11 is 1.19. The van der Waals surface area contributed by atoms with Crippen molar-refractivity contribution in [2.45, 2.75) is 63.7 Å². The van der Waals surface area contributed by atoms with Crippen LogP contribution >= 0.6 is 11.8 Å². The fraction of sp³-hybridized carbons (Fsp3) is 0.706. The van der Waals surface area contributed by atoms with Gasteiger partial charge < -0.3 is 9.88 Å². The van der Waals surface area contributed by atoms with E-state index in [1.807, 2.05) is 20.8 Å². The second kappa shape index (κ2) is 9.03. The van der Waals surface area contributed by atoms with Gasteiger partial charge in [-0.3, -0.25) is 9.59 Å². The maximum atomic E-state index is 12.8. The van der Waals surface area contributed by atoms with Gasteiger partial charge in [-0.05, 0) is 26.2 Å². The molecule has 0 radical (unpaired) electrons. The van der Waals surface area contributed by atoms with E-state index in [1.165, 1.54) is 17.8 Å². The predicted octanol–water partition coefficient (Wildman–Crippen LogP) is 1.63. The van der Waals surface area contributed by atoms with E-state index in [9.17, 15) is 18.0 Å². The highest BCUT2D eigenvalue weighted by atomic mass is 32.2. The summed E-state index contributed by atoms with van der Waals surface area (Å²) < 4.78 is 23.6. The van der Waals surface area contributed by atoms with Crippen LogP contribution in [0.4, 0.5) is 0 Å². The number of aryl methyl sites for hydroxylation is 1. The number of carbonyl (C=O) groups is 1. The van der Waals surface area contributed by atoms with Gasteiger partial charge in [-0.2, -0.15) is 0 Å². The molecule has 1 aromatic heterocycles. The zero-order valence-electron chi connectivity index (χ0n) is 15.5. The third-order valence-corrected chi connectivity index (χ3v) is 7.18. The molecular formula is C17H27N3O4S2. The van der Waals surface area contributed by atoms with Crippen molar-refractivity contribution in [1.29, 1.82) is 0 Å². The van der Waals surface area contributed by atoms with Crippen LogP contribution in [0.15, 0.2) is 16.0 Å². The van der Waals surface area contributed by atoms with Crippen LogP contribution in [0.25, 0.3) is 0 Å². The number of hydrogen-bond acceptors (Lipinski definition) is 6. The molecule has 2 atom stereocenters. The van der Waals surface area contributed by atoms with Crippen LogP contribution in [-0.4, -0.2) is 58.5 Å². The van der Waals surface area contributed by atoms with Gasteiger partial charge in [0.05, 0.1) is 17.3 Å². The Bertz CT molecular complexity index is 791. The number of nitrogens with zero attached hydrogens (tertiary/aromatic N) is 2. The minimum atomic E-state index is -3.06. The molecule has 1 saturated heterocycles. The second-order valence-corrected chi connectivity index (χ2v) is 9.89. The first-order chi connectivity index (χ1) is 12.3. The van der Waals surface area contributed by atoms with Crippen molar-refractivity contribution in [1.82, 2.24) is 14.9 Å². The molecule has 1 fully saturated rings. The summed E-state index contributed by atoms with van der Waals surface area (Å²) in [5, 5.41) is 0.428. The van der Waals surface area contributed by atoms with Crippen LogP contribution in [0, 0.1) is 0 Å². The van der Waals surface area contributed by atoms with Gasteiger partial charge in [0.1, 0.15) is 0 Å². The average Bonchev–Trinajstić information content (AvgIpc) is 2.92. The molecule has 0 aliphatic carbocycles. The van der Waals surface area contributed by atoms with Gasteiger partial charge in [-0.1, -0.05) is 32.0 Å². The number of aromatic amines is 1. The maximum absolute atomic E-state index is 12.8. The number of rotatable bonds is 8. The van der Waals surface area contributed by atoms with Crippen molar-refractivity contribution < 1.29 is 13.2 Å². The third-order valence-electron chi connectivity index (χ3n) is 4.57. The molecule has 1 aliphatic heterocycles. The number of thioether (sulfide) groups is 1. The Balaban J connectivity index is 2.09. The lowest BCUT2D eigenvalue weighted by Gasteiger charge is -2.33. The summed E-state index contributed by atoms with van der Waals surface area (Å²) in [6.07, 6.45) is 2.85. The molecule has 9 heteroatoms. The number of carbonyl (C=O) groups excluding carboxylic acids is 1. The van der Waals surface area contributed by atoms with Crippen LogP contribution in [0.2, 0.25) is 0 Å². The number of nitrogens with one attached hydrogen (secondary N) is 1. The van der Waals surface area contributed by atoms with Crippen LogP contribution in [0.3, 0.4) is 0 Å². The first-order valence-electron chi connectivity index (χ1n) is 9.00. The third kappa shape index (κ3) is 5.57. The quantitative estimate of drug-likeness (QED) is 0.525. The molecule has 0 spiro atoms. The standard InChI is InChI=1S/C17H27N3O4S2/c1-4-6-13-9-15(21)19-17(18-13)25-10-16(22)20(12(3)5-2)14-7-8-26(23,24)11-14/h9,12,14H,4-8,10-11H2,1-3H3,(H,18,19,21). The first kappa shape index (κ1) is 21.0. The Morgan fingerprint density at radius 2 is 2.19 bits per heavy atom. The number of hydrogen-bond donors (Lipinski definition) is 1. The molecule has 146 valence electrons. The fourth-order valence-electron chi connectivity index (χ4n) is 3.14. The smallest absolute Gasteiger partial charge is 0.251 e. The summed E-state index contributed by atoms with van der Waals surface area (Å²) in [5.74, 6) is 0.183. The van der Waals surface area contributed by atoms with E-state index in [0.717, 1.165) is 12.8 Å². The Kier molecular flexibility index (Phi) is 7.28. The Morgan fingerprint density at radius 1 is 1.46 bits per heavy atom. The molecule has 2 unspecified atom stereocenters. The van der Waals surface area contributed by atoms with Gasteiger partial charge in [0.15, 0.2) is 15.0 Å². The molecule has 1 amide bonds. The summed E-state index contributed by atoms with van der Waals surface area (Å²) in [5.41, 5.74) is 0.492. The van der Waals surface area contributed by atoms with E-state index in [0.29, 0.717) is 23.7 Å². The van der Waals surface area contributed by atoms with Gasteiger partial charge in [0.25, 0.3) is 5.56 Å². The molecule has 0 saturated carbocycles. The monoisotopic (exact) mass is 401 g/mol. The highest BCUT2D eigenvalue weighted by Gasteiger charge is 2.36. The van der Waals surface area contributed by atoms with E-state index in [4.69, 9.17) is 0 Å². The van der Waals surface area contributed by atoms with E-state index in [1.54, 1.807) is 4.90 Å². The van der Waals surface area contributed by atoms with Gasteiger partial charge in [0.2, 0.25) is 5.91 Å². The van der Waals surface area contributed by atoms with Crippen LogP contribution in [0.1, 0.15) is 45.7 Å². The lowest BCUT2D eigenvalue weighted by Crippen LogP contribution is -2.47. The van der Waals surface area contributed by atoms with Crippen LogP contribution < -0.4 is 5.56 Å². The molecule has 26 heavy (non-hydrogen) atoms. The topological polar surface area (TPSA) is 100 Å².